The summed E-state index contributed by atoms with van der Waals surface area (Å²) in [5.74, 6) is -0.0539. The van der Waals surface area contributed by atoms with E-state index in [0.717, 1.165) is 21.9 Å². The summed E-state index contributed by atoms with van der Waals surface area (Å²) in [5, 5.41) is 1.91. The third-order valence-electron chi connectivity index (χ3n) is 5.28. The van der Waals surface area contributed by atoms with Crippen molar-refractivity contribution in [2.45, 2.75) is 62.1 Å². The number of fused-ring (bicyclic) bond motifs is 1. The molecule has 0 amide bonds. The second-order valence-corrected chi connectivity index (χ2v) is 13.2. The normalized spacial score (nSPS) is 14.7. The van der Waals surface area contributed by atoms with E-state index in [0.29, 0.717) is 4.90 Å². The van der Waals surface area contributed by atoms with Crippen LogP contribution >= 0.6 is 0 Å². The minimum atomic E-state index is -3.76. The summed E-state index contributed by atoms with van der Waals surface area (Å²) in [7, 11) is -5.08. The maximum Gasteiger partial charge on any atom is 0.241 e. The van der Waals surface area contributed by atoms with Crippen LogP contribution in [0.2, 0.25) is 0 Å². The van der Waals surface area contributed by atoms with Crippen LogP contribution < -0.4 is 4.72 Å². The van der Waals surface area contributed by atoms with E-state index < -0.39 is 31.6 Å². The topological polar surface area (TPSA) is 63.2 Å². The quantitative estimate of drug-likeness (QED) is 0.514. The molecule has 3 rings (SSSR count). The first-order chi connectivity index (χ1) is 14.4. The van der Waals surface area contributed by atoms with Gasteiger partial charge in [0, 0.05) is 9.64 Å². The minimum Gasteiger partial charge on any atom is -0.254 e. The van der Waals surface area contributed by atoms with E-state index in [-0.39, 0.29) is 10.8 Å². The molecule has 0 saturated carbocycles. The Bertz CT molecular complexity index is 1210. The molecule has 166 valence electrons. The van der Waals surface area contributed by atoms with Gasteiger partial charge in [-0.2, -0.15) is 0 Å². The maximum absolute atomic E-state index is 13.5. The zero-order valence-corrected chi connectivity index (χ0v) is 20.6. The van der Waals surface area contributed by atoms with Gasteiger partial charge >= 0.3 is 0 Å². The van der Waals surface area contributed by atoms with E-state index in [2.05, 4.69) is 4.72 Å². The van der Waals surface area contributed by atoms with Crippen LogP contribution in [0.3, 0.4) is 0 Å². The van der Waals surface area contributed by atoms with Crippen LogP contribution in [0, 0.1) is 12.8 Å². The van der Waals surface area contributed by atoms with Crippen molar-refractivity contribution >= 4 is 31.6 Å². The van der Waals surface area contributed by atoms with Crippen LogP contribution in [0.1, 0.15) is 51.8 Å². The van der Waals surface area contributed by atoms with Crippen molar-refractivity contribution in [3.8, 4) is 0 Å². The van der Waals surface area contributed by atoms with Crippen molar-refractivity contribution < 1.29 is 12.6 Å². The fourth-order valence-electron chi connectivity index (χ4n) is 3.57. The molecule has 0 fully saturated rings. The molecule has 0 saturated heterocycles. The monoisotopic (exact) mass is 457 g/mol. The summed E-state index contributed by atoms with van der Waals surface area (Å²) in [4.78, 5) is 0.902. The first-order valence-corrected chi connectivity index (χ1v) is 13.1. The molecule has 0 bridgehead atoms. The van der Waals surface area contributed by atoms with Gasteiger partial charge in [0.05, 0.1) is 21.7 Å². The van der Waals surface area contributed by atoms with Gasteiger partial charge in [-0.05, 0) is 68.1 Å². The first kappa shape index (κ1) is 23.6. The largest absolute Gasteiger partial charge is 0.254 e. The highest BCUT2D eigenvalue weighted by Gasteiger charge is 2.31. The van der Waals surface area contributed by atoms with Crippen molar-refractivity contribution in [3.05, 3.63) is 71.8 Å². The summed E-state index contributed by atoms with van der Waals surface area (Å²) in [6, 6.07) is 18.0. The standard InChI is InChI=1S/C25H31NO3S2/c1-17(2)24(26-31(28,29)20-14-11-18(3)12-15-20)23-21-10-8-7-9-19(21)13-16-22(23)30(27)25(4,5)6/h7-17,24,26H,1-6H3/t24-,30+/m0/s1. The second kappa shape index (κ2) is 8.85. The molecule has 1 N–H and O–H groups in total. The van der Waals surface area contributed by atoms with E-state index >= 15 is 0 Å². The lowest BCUT2D eigenvalue weighted by atomic mass is 9.92. The highest BCUT2D eigenvalue weighted by atomic mass is 32.2. The third-order valence-corrected chi connectivity index (χ3v) is 8.60. The van der Waals surface area contributed by atoms with E-state index in [9.17, 15) is 12.6 Å². The molecule has 0 heterocycles. The highest BCUT2D eigenvalue weighted by molar-refractivity contribution is 7.89. The van der Waals surface area contributed by atoms with Gasteiger partial charge in [0.2, 0.25) is 10.0 Å². The van der Waals surface area contributed by atoms with Gasteiger partial charge in [0.25, 0.3) is 0 Å². The predicted molar refractivity (Wildman–Crippen MR) is 129 cm³/mol. The van der Waals surface area contributed by atoms with E-state index in [4.69, 9.17) is 0 Å². The molecular weight excluding hydrogens is 426 g/mol. The van der Waals surface area contributed by atoms with Crippen molar-refractivity contribution in [2.75, 3.05) is 0 Å². The molecular formula is C25H31NO3S2. The fraction of sp³-hybridized carbons (Fsp3) is 0.360. The molecule has 0 aromatic heterocycles. The smallest absolute Gasteiger partial charge is 0.241 e. The number of hydrogen-bond acceptors (Lipinski definition) is 3. The lowest BCUT2D eigenvalue weighted by Gasteiger charge is -2.28. The lowest BCUT2D eigenvalue weighted by Crippen LogP contribution is -2.33. The summed E-state index contributed by atoms with van der Waals surface area (Å²) >= 11 is 0. The average Bonchev–Trinajstić information content (AvgIpc) is 2.70. The van der Waals surface area contributed by atoms with Crippen LogP contribution in [0.25, 0.3) is 10.8 Å². The number of hydrogen-bond donors (Lipinski definition) is 1. The highest BCUT2D eigenvalue weighted by Crippen LogP contribution is 2.37. The Labute approximate surface area is 188 Å². The summed E-state index contributed by atoms with van der Waals surface area (Å²) in [6.07, 6.45) is 0. The second-order valence-electron chi connectivity index (χ2n) is 9.24. The number of sulfonamides is 1. The molecule has 0 radical (unpaired) electrons. The molecule has 3 aromatic carbocycles. The Kier molecular flexibility index (Phi) is 6.75. The maximum atomic E-state index is 13.5. The molecule has 0 aliphatic rings. The molecule has 6 heteroatoms. The average molecular weight is 458 g/mol. The van der Waals surface area contributed by atoms with E-state index in [1.165, 1.54) is 0 Å². The molecule has 31 heavy (non-hydrogen) atoms. The number of aryl methyl sites for hydroxylation is 1. The molecule has 3 aromatic rings. The van der Waals surface area contributed by atoms with Gasteiger partial charge in [-0.1, -0.05) is 61.9 Å². The molecule has 0 spiro atoms. The third kappa shape index (κ3) is 5.08. The zero-order chi connectivity index (χ0) is 23.0. The van der Waals surface area contributed by atoms with Crippen molar-refractivity contribution in [1.29, 1.82) is 0 Å². The van der Waals surface area contributed by atoms with Gasteiger partial charge in [0.1, 0.15) is 0 Å². The van der Waals surface area contributed by atoms with E-state index in [1.807, 2.05) is 77.9 Å². The van der Waals surface area contributed by atoms with Crippen LogP contribution in [0.4, 0.5) is 0 Å². The Hall–Kier alpha value is -2.02. The Morgan fingerprint density at radius 2 is 1.52 bits per heavy atom. The van der Waals surface area contributed by atoms with Crippen LogP contribution in [-0.2, 0) is 20.8 Å². The molecule has 0 aliphatic carbocycles. The molecule has 4 nitrogen and oxygen atoms in total. The Balaban J connectivity index is 2.22. The van der Waals surface area contributed by atoms with Gasteiger partial charge in [0.15, 0.2) is 0 Å². The zero-order valence-electron chi connectivity index (χ0n) is 19.0. The Morgan fingerprint density at radius 1 is 0.903 bits per heavy atom. The van der Waals surface area contributed by atoms with Crippen LogP contribution in [0.15, 0.2) is 70.5 Å². The number of benzene rings is 3. The lowest BCUT2D eigenvalue weighted by molar-refractivity contribution is 0.460. The summed E-state index contributed by atoms with van der Waals surface area (Å²) in [5.41, 5.74) is 1.79. The fourth-order valence-corrected chi connectivity index (χ4v) is 6.21. The minimum absolute atomic E-state index is 0.0539. The molecule has 2 atom stereocenters. The van der Waals surface area contributed by atoms with E-state index in [1.54, 1.807) is 24.3 Å². The predicted octanol–water partition coefficient (Wildman–Crippen LogP) is 5.73. The van der Waals surface area contributed by atoms with Crippen LogP contribution in [0.5, 0.6) is 0 Å². The first-order valence-electron chi connectivity index (χ1n) is 10.4. The van der Waals surface area contributed by atoms with Crippen molar-refractivity contribution in [2.24, 2.45) is 5.92 Å². The van der Waals surface area contributed by atoms with Crippen molar-refractivity contribution in [3.63, 3.8) is 0 Å². The Morgan fingerprint density at radius 3 is 2.10 bits per heavy atom. The van der Waals surface area contributed by atoms with Gasteiger partial charge < -0.3 is 0 Å². The van der Waals surface area contributed by atoms with Crippen molar-refractivity contribution in [1.82, 2.24) is 4.72 Å². The summed E-state index contributed by atoms with van der Waals surface area (Å²) < 4.78 is 42.4. The molecule has 0 aliphatic heterocycles. The SMILES string of the molecule is Cc1ccc(S(=O)(=O)N[C@H](c2c([S@@](=O)C(C)(C)C)ccc3ccccc23)C(C)C)cc1. The van der Waals surface area contributed by atoms with Gasteiger partial charge in [-0.15, -0.1) is 0 Å². The summed E-state index contributed by atoms with van der Waals surface area (Å²) in [6.45, 7) is 11.7. The van der Waals surface area contributed by atoms with Crippen LogP contribution in [-0.4, -0.2) is 17.4 Å². The van der Waals surface area contributed by atoms with Gasteiger partial charge in [-0.25, -0.2) is 13.1 Å². The molecule has 0 unspecified atom stereocenters. The number of rotatable bonds is 6. The van der Waals surface area contributed by atoms with Gasteiger partial charge in [-0.3, -0.25) is 4.21 Å². The number of nitrogens with one attached hydrogen (secondary N) is 1.